The van der Waals surface area contributed by atoms with Crippen LogP contribution in [0.3, 0.4) is 0 Å². The van der Waals surface area contributed by atoms with Gasteiger partial charge in [0.15, 0.2) is 0 Å². The molecule has 8 heteroatoms. The van der Waals surface area contributed by atoms with Crippen molar-refractivity contribution in [2.24, 2.45) is 13.0 Å². The molecule has 3 heterocycles. The SMILES string of the molecule is CC(CC(=O)Cc1sc2c(c1C#N)CCC(COC(=O)CCc1cnn(C)c1)C2)c1cccnc1. The number of fused-ring (bicyclic) bond motifs is 1. The largest absolute Gasteiger partial charge is 0.465 e. The number of carbonyl (C=O) groups excluding carboxylic acids is 2. The van der Waals surface area contributed by atoms with Crippen molar-refractivity contribution in [3.05, 3.63) is 68.9 Å². The van der Waals surface area contributed by atoms with Crippen LogP contribution < -0.4 is 0 Å². The number of esters is 1. The van der Waals surface area contributed by atoms with Gasteiger partial charge in [0, 0.05) is 54.7 Å². The second-order valence-electron chi connectivity index (χ2n) is 9.33. The highest BCUT2D eigenvalue weighted by atomic mass is 32.1. The molecule has 35 heavy (non-hydrogen) atoms. The van der Waals surface area contributed by atoms with E-state index >= 15 is 0 Å². The Labute approximate surface area is 209 Å². The molecular formula is C27H30N4O3S. The number of ether oxygens (including phenoxy) is 1. The van der Waals surface area contributed by atoms with Gasteiger partial charge < -0.3 is 4.74 Å². The summed E-state index contributed by atoms with van der Waals surface area (Å²) in [6.45, 7) is 2.42. The van der Waals surface area contributed by atoms with Gasteiger partial charge in [0.1, 0.15) is 11.9 Å². The number of aromatic nitrogens is 3. The number of hydrogen-bond donors (Lipinski definition) is 0. The second kappa shape index (κ2) is 11.4. The molecule has 0 saturated carbocycles. The Balaban J connectivity index is 1.30. The van der Waals surface area contributed by atoms with Crippen molar-refractivity contribution >= 4 is 23.1 Å². The van der Waals surface area contributed by atoms with Gasteiger partial charge in [0.25, 0.3) is 0 Å². The van der Waals surface area contributed by atoms with E-state index in [9.17, 15) is 14.9 Å². The van der Waals surface area contributed by atoms with Gasteiger partial charge in [-0.25, -0.2) is 0 Å². The van der Waals surface area contributed by atoms with E-state index in [-0.39, 0.29) is 23.6 Å². The number of thiophene rings is 1. The van der Waals surface area contributed by atoms with Gasteiger partial charge in [-0.05, 0) is 60.3 Å². The molecule has 7 nitrogen and oxygen atoms in total. The number of ketones is 1. The van der Waals surface area contributed by atoms with Crippen molar-refractivity contribution in [3.8, 4) is 6.07 Å². The number of pyridine rings is 1. The molecule has 0 fully saturated rings. The average Bonchev–Trinajstić information content (AvgIpc) is 3.43. The van der Waals surface area contributed by atoms with Crippen molar-refractivity contribution < 1.29 is 14.3 Å². The number of hydrogen-bond acceptors (Lipinski definition) is 7. The van der Waals surface area contributed by atoms with E-state index < -0.39 is 0 Å². The third-order valence-corrected chi connectivity index (χ3v) is 7.81. The number of nitrogens with zero attached hydrogens (tertiary/aromatic N) is 4. The van der Waals surface area contributed by atoms with Crippen molar-refractivity contribution in [1.29, 1.82) is 5.26 Å². The summed E-state index contributed by atoms with van der Waals surface area (Å²) in [6, 6.07) is 6.22. The van der Waals surface area contributed by atoms with Crippen molar-refractivity contribution in [2.45, 2.75) is 57.8 Å². The van der Waals surface area contributed by atoms with E-state index in [2.05, 4.69) is 16.2 Å². The van der Waals surface area contributed by atoms with Gasteiger partial charge in [0.05, 0.1) is 18.4 Å². The first kappa shape index (κ1) is 24.8. The Morgan fingerprint density at radius 1 is 1.37 bits per heavy atom. The van der Waals surface area contributed by atoms with E-state index in [1.165, 1.54) is 0 Å². The zero-order valence-corrected chi connectivity index (χ0v) is 21.0. The smallest absolute Gasteiger partial charge is 0.306 e. The zero-order valence-electron chi connectivity index (χ0n) is 20.2. The topological polar surface area (TPSA) is 97.9 Å². The van der Waals surface area contributed by atoms with Crippen LogP contribution in [0.1, 0.15) is 64.1 Å². The molecule has 0 amide bonds. The number of aryl methyl sites for hydroxylation is 2. The summed E-state index contributed by atoms with van der Waals surface area (Å²) in [5.74, 6) is 0.269. The molecule has 4 rings (SSSR count). The number of rotatable bonds is 10. The van der Waals surface area contributed by atoms with Crippen LogP contribution in [0.25, 0.3) is 0 Å². The Kier molecular flexibility index (Phi) is 8.09. The molecule has 2 atom stereocenters. The van der Waals surface area contributed by atoms with Crippen LogP contribution in [-0.4, -0.2) is 33.1 Å². The minimum atomic E-state index is -0.197. The molecule has 0 aliphatic heterocycles. The minimum absolute atomic E-state index is 0.0912. The Morgan fingerprint density at radius 3 is 2.94 bits per heavy atom. The molecule has 0 bridgehead atoms. The fourth-order valence-corrected chi connectivity index (χ4v) is 6.06. The summed E-state index contributed by atoms with van der Waals surface area (Å²) in [5.41, 5.74) is 3.83. The Morgan fingerprint density at radius 2 is 2.23 bits per heavy atom. The van der Waals surface area contributed by atoms with Gasteiger partial charge in [-0.3, -0.25) is 19.3 Å². The van der Waals surface area contributed by atoms with E-state index in [4.69, 9.17) is 4.74 Å². The Bertz CT molecular complexity index is 1230. The summed E-state index contributed by atoms with van der Waals surface area (Å²) in [7, 11) is 1.85. The maximum absolute atomic E-state index is 12.8. The molecule has 1 aliphatic carbocycles. The third kappa shape index (κ3) is 6.43. The summed E-state index contributed by atoms with van der Waals surface area (Å²) in [5, 5.41) is 13.9. The minimum Gasteiger partial charge on any atom is -0.465 e. The molecule has 182 valence electrons. The standard InChI is InChI=1S/C27H30N4O3S/c1-18(21-4-3-9-29-15-21)10-22(32)12-26-24(13-28)23-7-5-19(11-25(23)35-26)17-34-27(33)8-6-20-14-30-31(2)16-20/h3-4,9,14-16,18-19H,5-8,10-12,17H2,1-2H3. The maximum atomic E-state index is 12.8. The molecule has 3 aromatic heterocycles. The zero-order chi connectivity index (χ0) is 24.8. The van der Waals surface area contributed by atoms with Crippen molar-refractivity contribution in [1.82, 2.24) is 14.8 Å². The molecule has 0 radical (unpaired) electrons. The maximum Gasteiger partial charge on any atom is 0.306 e. The lowest BCUT2D eigenvalue weighted by Gasteiger charge is -2.22. The average molecular weight is 491 g/mol. The fraction of sp³-hybridized carbons (Fsp3) is 0.444. The van der Waals surface area contributed by atoms with E-state index in [1.54, 1.807) is 34.6 Å². The highest BCUT2D eigenvalue weighted by Gasteiger charge is 2.27. The fourth-order valence-electron chi connectivity index (χ4n) is 4.62. The lowest BCUT2D eigenvalue weighted by atomic mass is 9.87. The summed E-state index contributed by atoms with van der Waals surface area (Å²) in [6.07, 6.45) is 11.3. The van der Waals surface area contributed by atoms with Crippen LogP contribution >= 0.6 is 11.3 Å². The summed E-state index contributed by atoms with van der Waals surface area (Å²) in [4.78, 5) is 31.2. The van der Waals surface area contributed by atoms with E-state index in [0.717, 1.165) is 45.7 Å². The Hall–Kier alpha value is -3.31. The van der Waals surface area contributed by atoms with Gasteiger partial charge in [-0.1, -0.05) is 13.0 Å². The van der Waals surface area contributed by atoms with Gasteiger partial charge in [0.2, 0.25) is 0 Å². The normalized spacial score (nSPS) is 15.7. The van der Waals surface area contributed by atoms with Crippen molar-refractivity contribution in [2.75, 3.05) is 6.61 Å². The highest BCUT2D eigenvalue weighted by molar-refractivity contribution is 7.12. The first-order valence-electron chi connectivity index (χ1n) is 12.0. The molecule has 0 spiro atoms. The molecule has 0 N–H and O–H groups in total. The molecular weight excluding hydrogens is 460 g/mol. The monoisotopic (exact) mass is 490 g/mol. The van der Waals surface area contributed by atoms with Crippen LogP contribution in [0.4, 0.5) is 0 Å². The van der Waals surface area contributed by atoms with Crippen LogP contribution in [0, 0.1) is 17.2 Å². The van der Waals surface area contributed by atoms with Gasteiger partial charge in [-0.2, -0.15) is 10.4 Å². The summed E-state index contributed by atoms with van der Waals surface area (Å²) >= 11 is 1.58. The third-order valence-electron chi connectivity index (χ3n) is 6.55. The van der Waals surface area contributed by atoms with Crippen LogP contribution in [0.5, 0.6) is 0 Å². The molecule has 3 aromatic rings. The number of Topliss-reactive ketones (excluding diaryl/α,β-unsaturated/α-hetero) is 1. The lowest BCUT2D eigenvalue weighted by molar-refractivity contribution is -0.145. The predicted molar refractivity (Wildman–Crippen MR) is 133 cm³/mol. The van der Waals surface area contributed by atoms with Crippen LogP contribution in [-0.2, 0) is 47.1 Å². The lowest BCUT2D eigenvalue weighted by Crippen LogP contribution is -2.20. The molecule has 1 aliphatic rings. The quantitative estimate of drug-likeness (QED) is 0.392. The number of nitriles is 1. The van der Waals surface area contributed by atoms with Crippen molar-refractivity contribution in [3.63, 3.8) is 0 Å². The molecule has 0 saturated heterocycles. The van der Waals surface area contributed by atoms with E-state index in [1.807, 2.05) is 32.3 Å². The number of carbonyl (C=O) groups is 2. The van der Waals surface area contributed by atoms with Gasteiger partial charge in [-0.15, -0.1) is 11.3 Å². The first-order chi connectivity index (χ1) is 16.9. The summed E-state index contributed by atoms with van der Waals surface area (Å²) < 4.78 is 7.28. The van der Waals surface area contributed by atoms with E-state index in [0.29, 0.717) is 37.9 Å². The highest BCUT2D eigenvalue weighted by Crippen LogP contribution is 2.37. The molecule has 0 aromatic carbocycles. The van der Waals surface area contributed by atoms with Crippen LogP contribution in [0.2, 0.25) is 0 Å². The van der Waals surface area contributed by atoms with Crippen LogP contribution in [0.15, 0.2) is 36.9 Å². The second-order valence-corrected chi connectivity index (χ2v) is 10.5. The molecule has 2 unspecified atom stereocenters. The first-order valence-corrected chi connectivity index (χ1v) is 12.8. The van der Waals surface area contributed by atoms with Gasteiger partial charge >= 0.3 is 5.97 Å². The predicted octanol–water partition coefficient (Wildman–Crippen LogP) is 4.33.